The molecule has 2 saturated heterocycles. The third-order valence-electron chi connectivity index (χ3n) is 4.38. The summed E-state index contributed by atoms with van der Waals surface area (Å²) in [6.45, 7) is 7.50. The minimum Gasteiger partial charge on any atom is -0.387 e. The molecular formula is C15H24N3O3P. The van der Waals surface area contributed by atoms with Crippen LogP contribution in [0.3, 0.4) is 0 Å². The zero-order chi connectivity index (χ0) is 16.1. The van der Waals surface area contributed by atoms with Crippen LogP contribution in [0.25, 0.3) is 0 Å². The lowest BCUT2D eigenvalue weighted by molar-refractivity contribution is -0.181. The Morgan fingerprint density at radius 1 is 1.59 bits per heavy atom. The van der Waals surface area contributed by atoms with Gasteiger partial charge in [0.2, 0.25) is 0 Å². The van der Waals surface area contributed by atoms with E-state index in [-0.39, 0.29) is 0 Å². The minimum atomic E-state index is -1.18. The quantitative estimate of drug-likeness (QED) is 0.740. The van der Waals surface area contributed by atoms with E-state index in [2.05, 4.69) is 31.2 Å². The molecule has 122 valence electrons. The van der Waals surface area contributed by atoms with Gasteiger partial charge in [-0.25, -0.2) is 4.99 Å². The molecule has 0 aromatic carbocycles. The molecule has 3 aliphatic rings. The van der Waals surface area contributed by atoms with Crippen molar-refractivity contribution in [2.45, 2.75) is 30.5 Å². The SMILES string of the molecule is C=C1N=C(N)C=CN1[C@@H]1O[C@@]2(CCP(=C)(C)C)COC1[C@@H]2O. The lowest BCUT2D eigenvalue weighted by Gasteiger charge is -2.37. The summed E-state index contributed by atoms with van der Waals surface area (Å²) < 4.78 is 12.0. The summed E-state index contributed by atoms with van der Waals surface area (Å²) in [6, 6.07) is 0. The smallest absolute Gasteiger partial charge is 0.165 e. The third-order valence-corrected chi connectivity index (χ3v) is 5.82. The van der Waals surface area contributed by atoms with Crippen molar-refractivity contribution in [1.82, 2.24) is 4.90 Å². The van der Waals surface area contributed by atoms with Gasteiger partial charge in [0.05, 0.1) is 6.61 Å². The van der Waals surface area contributed by atoms with Crippen molar-refractivity contribution in [2.24, 2.45) is 10.7 Å². The molecule has 0 radical (unpaired) electrons. The Labute approximate surface area is 131 Å². The lowest BCUT2D eigenvalue weighted by atomic mass is 9.96. The van der Waals surface area contributed by atoms with E-state index in [0.717, 1.165) is 12.6 Å². The second-order valence-electron chi connectivity index (χ2n) is 6.88. The summed E-state index contributed by atoms with van der Waals surface area (Å²) in [6.07, 6.45) is 7.93. The van der Waals surface area contributed by atoms with Gasteiger partial charge in [-0.05, 0) is 32.0 Å². The fourth-order valence-electron chi connectivity index (χ4n) is 3.07. The van der Waals surface area contributed by atoms with Gasteiger partial charge >= 0.3 is 0 Å². The molecule has 0 aromatic rings. The van der Waals surface area contributed by atoms with Crippen molar-refractivity contribution in [1.29, 1.82) is 0 Å². The molecule has 4 atom stereocenters. The first-order chi connectivity index (χ1) is 10.2. The number of aliphatic hydroxyl groups is 1. The van der Waals surface area contributed by atoms with Crippen molar-refractivity contribution >= 4 is 19.0 Å². The van der Waals surface area contributed by atoms with Crippen LogP contribution in [0.1, 0.15) is 6.42 Å². The molecule has 0 aromatic heterocycles. The lowest BCUT2D eigenvalue weighted by Crippen LogP contribution is -2.46. The van der Waals surface area contributed by atoms with Crippen LogP contribution >= 0.6 is 6.89 Å². The van der Waals surface area contributed by atoms with Gasteiger partial charge in [-0.15, -0.1) is 13.2 Å². The van der Waals surface area contributed by atoms with E-state index in [1.165, 1.54) is 0 Å². The molecule has 1 unspecified atom stereocenters. The number of aliphatic imine (C=N–C) groups is 1. The average molecular weight is 325 g/mol. The molecule has 3 rings (SSSR count). The summed E-state index contributed by atoms with van der Waals surface area (Å²) in [7, 11) is 0. The third kappa shape index (κ3) is 2.65. The summed E-state index contributed by atoms with van der Waals surface area (Å²) in [5, 5.41) is 10.6. The summed E-state index contributed by atoms with van der Waals surface area (Å²) >= 11 is 0. The van der Waals surface area contributed by atoms with E-state index in [1.807, 2.05) is 0 Å². The first-order valence-electron chi connectivity index (χ1n) is 7.36. The summed E-state index contributed by atoms with van der Waals surface area (Å²) in [4.78, 5) is 5.92. The molecular weight excluding hydrogens is 301 g/mol. The molecule has 0 aliphatic carbocycles. The highest BCUT2D eigenvalue weighted by Crippen LogP contribution is 2.47. The standard InChI is InChI=1S/C15H24N3O3P/c1-10-17-11(16)5-7-18(10)14-12-13(19)15(21-14,9-20-12)6-8-22(2,3)4/h5,7,12-14,19H,1-2,6,8-9H2,3-4H3,(H2,16,17)/t12?,13-,14+,15-/m0/s1. The second kappa shape index (κ2) is 5.24. The van der Waals surface area contributed by atoms with Gasteiger partial charge < -0.3 is 25.2 Å². The number of hydrogen-bond acceptors (Lipinski definition) is 6. The molecule has 2 bridgehead atoms. The number of nitrogens with zero attached hydrogens (tertiary/aromatic N) is 2. The van der Waals surface area contributed by atoms with Crippen molar-refractivity contribution in [3.8, 4) is 0 Å². The van der Waals surface area contributed by atoms with E-state index in [1.54, 1.807) is 17.2 Å². The zero-order valence-electron chi connectivity index (χ0n) is 13.1. The highest BCUT2D eigenvalue weighted by atomic mass is 31.2. The maximum Gasteiger partial charge on any atom is 0.165 e. The Morgan fingerprint density at radius 2 is 2.32 bits per heavy atom. The topological polar surface area (TPSA) is 80.3 Å². The van der Waals surface area contributed by atoms with Gasteiger partial charge in [0.1, 0.15) is 29.5 Å². The number of ether oxygens (including phenoxy) is 2. The highest BCUT2D eigenvalue weighted by molar-refractivity contribution is 7.72. The summed E-state index contributed by atoms with van der Waals surface area (Å²) in [5.41, 5.74) is 5.01. The van der Waals surface area contributed by atoms with Gasteiger partial charge in [-0.3, -0.25) is 0 Å². The van der Waals surface area contributed by atoms with Gasteiger partial charge in [-0.1, -0.05) is 6.58 Å². The van der Waals surface area contributed by atoms with Crippen molar-refractivity contribution in [2.75, 3.05) is 26.1 Å². The Kier molecular flexibility index (Phi) is 3.76. The number of nitrogens with two attached hydrogens (primary N) is 1. The first kappa shape index (κ1) is 15.8. The predicted molar refractivity (Wildman–Crippen MR) is 90.5 cm³/mol. The van der Waals surface area contributed by atoms with Crippen LogP contribution in [-0.4, -0.2) is 72.3 Å². The molecule has 3 N–H and O–H groups in total. The summed E-state index contributed by atoms with van der Waals surface area (Å²) in [5.74, 6) is 0.901. The van der Waals surface area contributed by atoms with Crippen LogP contribution in [0.2, 0.25) is 0 Å². The Morgan fingerprint density at radius 3 is 2.95 bits per heavy atom. The molecule has 0 saturated carbocycles. The van der Waals surface area contributed by atoms with Gasteiger partial charge in [0, 0.05) is 6.20 Å². The number of rotatable bonds is 4. The van der Waals surface area contributed by atoms with E-state index in [4.69, 9.17) is 15.2 Å². The normalized spacial score (nSPS) is 37.8. The molecule has 2 fully saturated rings. The van der Waals surface area contributed by atoms with E-state index < -0.39 is 30.9 Å². The highest BCUT2D eigenvalue weighted by Gasteiger charge is 2.62. The number of hydrogen-bond donors (Lipinski definition) is 2. The van der Waals surface area contributed by atoms with Crippen molar-refractivity contribution in [3.05, 3.63) is 24.7 Å². The maximum absolute atomic E-state index is 10.6. The van der Waals surface area contributed by atoms with Crippen LogP contribution < -0.4 is 5.73 Å². The van der Waals surface area contributed by atoms with Crippen LogP contribution in [0.15, 0.2) is 29.7 Å². The van der Waals surface area contributed by atoms with Crippen LogP contribution in [0.5, 0.6) is 0 Å². The van der Waals surface area contributed by atoms with Crippen LogP contribution in [0.4, 0.5) is 0 Å². The fraction of sp³-hybridized carbons (Fsp3) is 0.600. The van der Waals surface area contributed by atoms with E-state index in [9.17, 15) is 5.11 Å². The maximum atomic E-state index is 10.6. The molecule has 7 heteroatoms. The number of amidine groups is 1. The van der Waals surface area contributed by atoms with Crippen molar-refractivity contribution in [3.63, 3.8) is 0 Å². The van der Waals surface area contributed by atoms with Crippen LogP contribution in [-0.2, 0) is 9.47 Å². The number of fused-ring (bicyclic) bond motifs is 2. The molecule has 3 aliphatic heterocycles. The van der Waals surface area contributed by atoms with Gasteiger partial charge in [-0.2, -0.15) is 0 Å². The van der Waals surface area contributed by atoms with Crippen molar-refractivity contribution < 1.29 is 14.6 Å². The average Bonchev–Trinajstić information content (AvgIpc) is 2.87. The first-order valence-corrected chi connectivity index (χ1v) is 10.4. The monoisotopic (exact) mass is 325 g/mol. The van der Waals surface area contributed by atoms with E-state index >= 15 is 0 Å². The fourth-order valence-corrected chi connectivity index (χ4v) is 4.05. The molecule has 6 nitrogen and oxygen atoms in total. The molecule has 3 heterocycles. The second-order valence-corrected chi connectivity index (χ2v) is 11.2. The number of aliphatic hydroxyl groups excluding tert-OH is 1. The Hall–Kier alpha value is -1.07. The molecule has 0 amide bonds. The Bertz CT molecular complexity index is 597. The zero-order valence-corrected chi connectivity index (χ0v) is 14.0. The molecule has 22 heavy (non-hydrogen) atoms. The van der Waals surface area contributed by atoms with Gasteiger partial charge in [0.15, 0.2) is 6.23 Å². The largest absolute Gasteiger partial charge is 0.387 e. The molecule has 0 spiro atoms. The Balaban J connectivity index is 1.77. The predicted octanol–water partition coefficient (Wildman–Crippen LogP) is 0.598. The van der Waals surface area contributed by atoms with Crippen LogP contribution in [0, 0.1) is 0 Å². The van der Waals surface area contributed by atoms with Gasteiger partial charge in [0.25, 0.3) is 0 Å². The van der Waals surface area contributed by atoms with E-state index in [0.29, 0.717) is 18.3 Å². The minimum absolute atomic E-state index is 0.401.